The summed E-state index contributed by atoms with van der Waals surface area (Å²) >= 11 is 0. The smallest absolute Gasteiger partial charge is 0.212 e. The first kappa shape index (κ1) is 14.9. The highest BCUT2D eigenvalue weighted by Crippen LogP contribution is 2.29. The minimum atomic E-state index is -3.12. The summed E-state index contributed by atoms with van der Waals surface area (Å²) in [4.78, 5) is 2.29. The van der Waals surface area contributed by atoms with Gasteiger partial charge in [0.15, 0.2) is 0 Å². The third kappa shape index (κ3) is 5.33. The zero-order valence-electron chi connectivity index (χ0n) is 11.1. The zero-order valence-corrected chi connectivity index (χ0v) is 11.9. The fourth-order valence-electron chi connectivity index (χ4n) is 1.93. The molecular formula is C11H25N3O2S. The van der Waals surface area contributed by atoms with Gasteiger partial charge < -0.3 is 10.2 Å². The Hall–Kier alpha value is -0.170. The summed E-state index contributed by atoms with van der Waals surface area (Å²) < 4.78 is 26.1. The number of nitrogens with zero attached hydrogens (tertiary/aromatic N) is 1. The molecule has 0 aromatic rings. The largest absolute Gasteiger partial charge is 0.319 e. The molecular weight excluding hydrogens is 238 g/mol. The molecule has 1 aliphatic rings. The second-order valence-electron chi connectivity index (χ2n) is 5.36. The molecule has 1 heterocycles. The molecule has 1 saturated heterocycles. The van der Waals surface area contributed by atoms with E-state index in [1.54, 1.807) is 7.05 Å². The van der Waals surface area contributed by atoms with Gasteiger partial charge in [-0.3, -0.25) is 0 Å². The molecule has 1 aliphatic heterocycles. The normalized spacial score (nSPS) is 21.6. The molecule has 0 spiro atoms. The van der Waals surface area contributed by atoms with Crippen LogP contribution >= 0.6 is 0 Å². The Labute approximate surface area is 105 Å². The molecule has 102 valence electrons. The number of sulfonamides is 1. The monoisotopic (exact) mass is 263 g/mol. The first-order valence-electron chi connectivity index (χ1n) is 6.17. The van der Waals surface area contributed by atoms with Crippen molar-refractivity contribution in [2.24, 2.45) is 5.41 Å². The average molecular weight is 263 g/mol. The van der Waals surface area contributed by atoms with Crippen LogP contribution in [-0.2, 0) is 10.0 Å². The van der Waals surface area contributed by atoms with Crippen LogP contribution in [0, 0.1) is 5.41 Å². The van der Waals surface area contributed by atoms with Crippen LogP contribution in [0.2, 0.25) is 0 Å². The van der Waals surface area contributed by atoms with Crippen molar-refractivity contribution in [1.82, 2.24) is 14.9 Å². The van der Waals surface area contributed by atoms with Gasteiger partial charge >= 0.3 is 0 Å². The highest BCUT2D eigenvalue weighted by molar-refractivity contribution is 7.89. The summed E-state index contributed by atoms with van der Waals surface area (Å²) in [5.74, 6) is 0.152. The minimum Gasteiger partial charge on any atom is -0.319 e. The maximum absolute atomic E-state index is 11.7. The Balaban J connectivity index is 2.39. The van der Waals surface area contributed by atoms with E-state index in [9.17, 15) is 8.42 Å². The van der Waals surface area contributed by atoms with Crippen LogP contribution in [0.4, 0.5) is 0 Å². The summed E-state index contributed by atoms with van der Waals surface area (Å²) in [6.45, 7) is 5.33. The number of rotatable bonds is 6. The third-order valence-corrected chi connectivity index (χ3v) is 4.86. The van der Waals surface area contributed by atoms with Gasteiger partial charge in [-0.05, 0) is 45.4 Å². The van der Waals surface area contributed by atoms with Gasteiger partial charge in [0.05, 0.1) is 5.75 Å². The molecule has 1 rings (SSSR count). The predicted molar refractivity (Wildman–Crippen MR) is 70.6 cm³/mol. The zero-order chi connectivity index (χ0) is 12.9. The van der Waals surface area contributed by atoms with Crippen LogP contribution in [0.5, 0.6) is 0 Å². The molecule has 0 amide bonds. The molecule has 5 nitrogen and oxygen atoms in total. The van der Waals surface area contributed by atoms with E-state index >= 15 is 0 Å². The van der Waals surface area contributed by atoms with E-state index in [1.807, 2.05) is 0 Å². The standard InChI is InChI=1S/C11H25N3O2S/c1-11(4-7-14(3)8-5-11)10-13-17(15,16)9-6-12-2/h12-13H,4-10H2,1-3H3. The van der Waals surface area contributed by atoms with Crippen LogP contribution < -0.4 is 10.0 Å². The lowest BCUT2D eigenvalue weighted by Gasteiger charge is -2.37. The van der Waals surface area contributed by atoms with Crippen LogP contribution in [0.25, 0.3) is 0 Å². The third-order valence-electron chi connectivity index (χ3n) is 3.53. The molecule has 0 saturated carbocycles. The Morgan fingerprint density at radius 1 is 1.29 bits per heavy atom. The average Bonchev–Trinajstić information content (AvgIpc) is 2.29. The maximum atomic E-state index is 11.7. The highest BCUT2D eigenvalue weighted by atomic mass is 32.2. The molecule has 0 radical (unpaired) electrons. The number of nitrogens with one attached hydrogen (secondary N) is 2. The molecule has 0 bridgehead atoms. The van der Waals surface area contributed by atoms with Crippen LogP contribution in [0.3, 0.4) is 0 Å². The Kier molecular flexibility index (Phi) is 5.37. The van der Waals surface area contributed by atoms with Gasteiger partial charge in [-0.15, -0.1) is 0 Å². The topological polar surface area (TPSA) is 61.4 Å². The van der Waals surface area contributed by atoms with E-state index < -0.39 is 10.0 Å². The van der Waals surface area contributed by atoms with Crippen molar-refractivity contribution in [2.75, 3.05) is 46.0 Å². The van der Waals surface area contributed by atoms with E-state index in [1.165, 1.54) is 0 Å². The fourth-order valence-corrected chi connectivity index (χ4v) is 3.11. The van der Waals surface area contributed by atoms with Gasteiger partial charge in [-0.25, -0.2) is 13.1 Å². The van der Waals surface area contributed by atoms with Crippen molar-refractivity contribution in [3.05, 3.63) is 0 Å². The first-order valence-corrected chi connectivity index (χ1v) is 7.83. The second kappa shape index (κ2) is 6.13. The maximum Gasteiger partial charge on any atom is 0.212 e. The molecule has 0 atom stereocenters. The van der Waals surface area contributed by atoms with Gasteiger partial charge in [0.2, 0.25) is 10.0 Å². The van der Waals surface area contributed by atoms with Gasteiger partial charge in [0, 0.05) is 13.1 Å². The van der Waals surface area contributed by atoms with Crippen LogP contribution in [0.1, 0.15) is 19.8 Å². The van der Waals surface area contributed by atoms with Gasteiger partial charge in [-0.2, -0.15) is 0 Å². The van der Waals surface area contributed by atoms with Gasteiger partial charge in [-0.1, -0.05) is 6.92 Å². The molecule has 1 fully saturated rings. The number of likely N-dealkylation sites (tertiary alicyclic amines) is 1. The summed E-state index contributed by atoms with van der Waals surface area (Å²) in [7, 11) is 0.745. The van der Waals surface area contributed by atoms with E-state index in [0.29, 0.717) is 13.1 Å². The Morgan fingerprint density at radius 3 is 2.41 bits per heavy atom. The number of hydrogen-bond acceptors (Lipinski definition) is 4. The predicted octanol–water partition coefficient (Wildman–Crippen LogP) is -0.143. The Morgan fingerprint density at radius 2 is 1.88 bits per heavy atom. The lowest BCUT2D eigenvalue weighted by molar-refractivity contribution is 0.143. The van der Waals surface area contributed by atoms with Crippen molar-refractivity contribution >= 4 is 10.0 Å². The van der Waals surface area contributed by atoms with E-state index in [4.69, 9.17) is 0 Å². The van der Waals surface area contributed by atoms with Gasteiger partial charge in [0.1, 0.15) is 0 Å². The Bertz CT molecular complexity index is 322. The van der Waals surface area contributed by atoms with Crippen LogP contribution in [-0.4, -0.2) is 59.3 Å². The lowest BCUT2D eigenvalue weighted by atomic mass is 9.81. The van der Waals surface area contributed by atoms with Crippen LogP contribution in [0.15, 0.2) is 0 Å². The number of piperidine rings is 1. The second-order valence-corrected chi connectivity index (χ2v) is 7.28. The van der Waals surface area contributed by atoms with E-state index in [-0.39, 0.29) is 11.2 Å². The molecule has 0 aromatic heterocycles. The van der Waals surface area contributed by atoms with Crippen molar-refractivity contribution < 1.29 is 8.42 Å². The van der Waals surface area contributed by atoms with Crippen molar-refractivity contribution in [2.45, 2.75) is 19.8 Å². The number of hydrogen-bond donors (Lipinski definition) is 2. The summed E-state index contributed by atoms with van der Waals surface area (Å²) in [6.07, 6.45) is 2.11. The fraction of sp³-hybridized carbons (Fsp3) is 1.00. The molecule has 2 N–H and O–H groups in total. The van der Waals surface area contributed by atoms with E-state index in [2.05, 4.69) is 28.9 Å². The molecule has 0 unspecified atom stereocenters. The highest BCUT2D eigenvalue weighted by Gasteiger charge is 2.29. The molecule has 6 heteroatoms. The molecule has 17 heavy (non-hydrogen) atoms. The quantitative estimate of drug-likeness (QED) is 0.700. The molecule has 0 aromatic carbocycles. The van der Waals surface area contributed by atoms with Crippen molar-refractivity contribution in [1.29, 1.82) is 0 Å². The lowest BCUT2D eigenvalue weighted by Crippen LogP contribution is -2.44. The minimum absolute atomic E-state index is 0.110. The van der Waals surface area contributed by atoms with Crippen molar-refractivity contribution in [3.8, 4) is 0 Å². The van der Waals surface area contributed by atoms with Gasteiger partial charge in [0.25, 0.3) is 0 Å². The summed E-state index contributed by atoms with van der Waals surface area (Å²) in [5.41, 5.74) is 0.110. The van der Waals surface area contributed by atoms with Crippen molar-refractivity contribution in [3.63, 3.8) is 0 Å². The van der Waals surface area contributed by atoms with E-state index in [0.717, 1.165) is 25.9 Å². The summed E-state index contributed by atoms with van der Waals surface area (Å²) in [5, 5.41) is 2.85. The first-order chi connectivity index (χ1) is 7.87. The SMILES string of the molecule is CNCCS(=O)(=O)NCC1(C)CCN(C)CC1. The molecule has 0 aliphatic carbocycles. The summed E-state index contributed by atoms with van der Waals surface area (Å²) in [6, 6.07) is 0.